The number of hydrogen-bond donors (Lipinski definition) is 2. The number of nitrogens with zero attached hydrogens (tertiary/aromatic N) is 4. The topological polar surface area (TPSA) is 91.2 Å². The monoisotopic (exact) mass is 361 g/mol. The Morgan fingerprint density at radius 1 is 1.32 bits per heavy atom. The lowest BCUT2D eigenvalue weighted by molar-refractivity contribution is -0.148. The molecule has 0 aromatic carbocycles. The number of carbonyl (C=O) groups excluding carboxylic acids is 1. The number of hydrogen-bond acceptors (Lipinski definition) is 7. The minimum Gasteiger partial charge on any atom is -0.381 e. The summed E-state index contributed by atoms with van der Waals surface area (Å²) in [7, 11) is 0. The molecule has 3 heterocycles. The number of amides is 1. The van der Waals surface area contributed by atoms with Crippen LogP contribution in [0.3, 0.4) is 0 Å². The highest BCUT2D eigenvalue weighted by Gasteiger charge is 2.32. The smallest absolute Gasteiger partial charge is 0.253 e. The predicted octanol–water partition coefficient (Wildman–Crippen LogP) is 2.46. The maximum atomic E-state index is 12.2. The summed E-state index contributed by atoms with van der Waals surface area (Å²) in [6.07, 6.45) is 1.69. The average Bonchev–Trinajstić information content (AvgIpc) is 2.98. The summed E-state index contributed by atoms with van der Waals surface area (Å²) in [4.78, 5) is 18.6. The van der Waals surface area contributed by atoms with Gasteiger partial charge in [-0.1, -0.05) is 17.4 Å². The highest BCUT2D eigenvalue weighted by molar-refractivity contribution is 7.15. The molecule has 8 heteroatoms. The number of pyridine rings is 1. The van der Waals surface area contributed by atoms with Crippen LogP contribution in [0.4, 0.5) is 10.9 Å². The van der Waals surface area contributed by atoms with Crippen LogP contribution < -0.4 is 5.32 Å². The molecule has 1 fully saturated rings. The van der Waals surface area contributed by atoms with Crippen molar-refractivity contribution in [2.45, 2.75) is 45.1 Å². The van der Waals surface area contributed by atoms with E-state index in [1.54, 1.807) is 4.90 Å². The number of rotatable bonds is 4. The summed E-state index contributed by atoms with van der Waals surface area (Å²) < 4.78 is 0. The van der Waals surface area contributed by atoms with Crippen molar-refractivity contribution in [3.63, 3.8) is 0 Å². The Bertz CT molecular complexity index is 747. The quantitative estimate of drug-likeness (QED) is 0.869. The van der Waals surface area contributed by atoms with Gasteiger partial charge >= 0.3 is 0 Å². The fourth-order valence-corrected chi connectivity index (χ4v) is 3.57. The van der Waals surface area contributed by atoms with Gasteiger partial charge in [0.1, 0.15) is 16.4 Å². The first-order chi connectivity index (χ1) is 11.8. The number of aryl methyl sites for hydroxylation is 1. The van der Waals surface area contributed by atoms with Gasteiger partial charge in [-0.05, 0) is 45.7 Å². The zero-order valence-corrected chi connectivity index (χ0v) is 15.5. The molecular weight excluding hydrogens is 338 g/mol. The van der Waals surface area contributed by atoms with Crippen LogP contribution >= 0.6 is 11.3 Å². The van der Waals surface area contributed by atoms with Crippen molar-refractivity contribution in [1.82, 2.24) is 20.1 Å². The molecule has 0 radical (unpaired) electrons. The van der Waals surface area contributed by atoms with E-state index >= 15 is 0 Å². The lowest BCUT2D eigenvalue weighted by atomic mass is 9.92. The van der Waals surface area contributed by atoms with E-state index in [1.807, 2.05) is 25.1 Å². The third-order valence-corrected chi connectivity index (χ3v) is 5.01. The van der Waals surface area contributed by atoms with Gasteiger partial charge in [-0.2, -0.15) is 0 Å². The summed E-state index contributed by atoms with van der Waals surface area (Å²) in [6, 6.07) is 5.91. The Hall–Kier alpha value is -2.06. The van der Waals surface area contributed by atoms with Gasteiger partial charge in [0.2, 0.25) is 5.13 Å². The molecule has 2 aromatic heterocycles. The molecule has 3 rings (SSSR count). The predicted molar refractivity (Wildman–Crippen MR) is 97.0 cm³/mol. The Morgan fingerprint density at radius 3 is 2.64 bits per heavy atom. The van der Waals surface area contributed by atoms with Gasteiger partial charge in [0.25, 0.3) is 5.91 Å². The number of anilines is 2. The lowest BCUT2D eigenvalue weighted by Crippen LogP contribution is -2.48. The van der Waals surface area contributed by atoms with Gasteiger partial charge in [-0.3, -0.25) is 4.79 Å². The highest BCUT2D eigenvalue weighted by Crippen LogP contribution is 2.29. The van der Waals surface area contributed by atoms with E-state index in [1.165, 1.54) is 25.2 Å². The number of carbonyl (C=O) groups is 1. The Balaban J connectivity index is 1.64. The molecule has 1 aliphatic rings. The largest absolute Gasteiger partial charge is 0.381 e. The second-order valence-corrected chi connectivity index (χ2v) is 8.01. The molecule has 1 amide bonds. The normalized spacial score (nSPS) is 16.1. The van der Waals surface area contributed by atoms with E-state index in [9.17, 15) is 9.90 Å². The molecule has 0 atom stereocenters. The molecule has 0 saturated carbocycles. The molecule has 0 unspecified atom stereocenters. The molecule has 2 aromatic rings. The first-order valence-electron chi connectivity index (χ1n) is 8.39. The molecule has 134 valence electrons. The number of aromatic nitrogens is 3. The van der Waals surface area contributed by atoms with E-state index in [2.05, 4.69) is 15.5 Å². The van der Waals surface area contributed by atoms with Crippen LogP contribution in [0, 0.1) is 6.92 Å². The lowest BCUT2D eigenvalue weighted by Gasteiger charge is -2.35. The van der Waals surface area contributed by atoms with Crippen LogP contribution in [0.5, 0.6) is 0 Å². The molecule has 0 spiro atoms. The van der Waals surface area contributed by atoms with Crippen molar-refractivity contribution in [2.24, 2.45) is 0 Å². The number of likely N-dealkylation sites (tertiary alicyclic amines) is 1. The van der Waals surface area contributed by atoms with Gasteiger partial charge < -0.3 is 15.3 Å². The van der Waals surface area contributed by atoms with E-state index in [4.69, 9.17) is 4.98 Å². The molecule has 0 bridgehead atoms. The van der Waals surface area contributed by atoms with Crippen molar-refractivity contribution < 1.29 is 9.90 Å². The molecule has 0 aliphatic carbocycles. The van der Waals surface area contributed by atoms with Crippen molar-refractivity contribution >= 4 is 28.2 Å². The summed E-state index contributed by atoms with van der Waals surface area (Å²) >= 11 is 1.49. The van der Waals surface area contributed by atoms with E-state index in [0.717, 1.165) is 34.5 Å². The van der Waals surface area contributed by atoms with Crippen molar-refractivity contribution in [1.29, 1.82) is 0 Å². The van der Waals surface area contributed by atoms with Crippen LogP contribution in [0.1, 0.15) is 43.3 Å². The van der Waals surface area contributed by atoms with Gasteiger partial charge in [0.15, 0.2) is 0 Å². The number of piperidine rings is 1. The van der Waals surface area contributed by atoms with Crippen LogP contribution in [0.15, 0.2) is 18.2 Å². The average molecular weight is 361 g/mol. The van der Waals surface area contributed by atoms with Crippen LogP contribution in [0.2, 0.25) is 0 Å². The second-order valence-electron chi connectivity index (χ2n) is 6.82. The fourth-order valence-electron chi connectivity index (χ4n) is 2.97. The summed E-state index contributed by atoms with van der Waals surface area (Å²) in [6.45, 7) is 6.26. The van der Waals surface area contributed by atoms with Crippen LogP contribution in [-0.4, -0.2) is 49.8 Å². The molecule has 2 N–H and O–H groups in total. The van der Waals surface area contributed by atoms with E-state index < -0.39 is 5.60 Å². The van der Waals surface area contributed by atoms with Gasteiger partial charge in [-0.25, -0.2) is 4.98 Å². The zero-order valence-electron chi connectivity index (χ0n) is 14.7. The number of aliphatic hydroxyl groups is 1. The minimum absolute atomic E-state index is 0.207. The molecule has 1 aliphatic heterocycles. The summed E-state index contributed by atoms with van der Waals surface area (Å²) in [5, 5.41) is 22.7. The minimum atomic E-state index is -1.31. The standard InChI is InChI=1S/C17H23N5O2S/c1-11-20-21-16(25-11)19-14-6-4-5-13(18-14)12-7-9-22(10-8-12)15(23)17(2,3)24/h4-6,12,24H,7-10H2,1-3H3,(H,18,19,21). The fraction of sp³-hybridized carbons (Fsp3) is 0.529. The van der Waals surface area contributed by atoms with Gasteiger partial charge in [-0.15, -0.1) is 10.2 Å². The first kappa shape index (κ1) is 17.8. The second kappa shape index (κ2) is 7.05. The van der Waals surface area contributed by atoms with Gasteiger partial charge in [0, 0.05) is 24.7 Å². The van der Waals surface area contributed by atoms with E-state index in [-0.39, 0.29) is 5.91 Å². The Kier molecular flexibility index (Phi) is 5.01. The summed E-state index contributed by atoms with van der Waals surface area (Å²) in [5.41, 5.74) is -0.295. The van der Waals surface area contributed by atoms with Crippen LogP contribution in [-0.2, 0) is 4.79 Å². The molecule has 1 saturated heterocycles. The van der Waals surface area contributed by atoms with Crippen molar-refractivity contribution in [2.75, 3.05) is 18.4 Å². The Labute approximate surface area is 151 Å². The Morgan fingerprint density at radius 2 is 2.04 bits per heavy atom. The molecular formula is C17H23N5O2S. The van der Waals surface area contributed by atoms with Crippen molar-refractivity contribution in [3.05, 3.63) is 28.9 Å². The highest BCUT2D eigenvalue weighted by atomic mass is 32.1. The summed E-state index contributed by atoms with van der Waals surface area (Å²) in [5.74, 6) is 0.855. The SMILES string of the molecule is Cc1nnc(Nc2cccc(C3CCN(C(=O)C(C)(C)O)CC3)n2)s1. The first-order valence-corrected chi connectivity index (χ1v) is 9.20. The molecule has 25 heavy (non-hydrogen) atoms. The number of nitrogens with one attached hydrogen (secondary N) is 1. The van der Waals surface area contributed by atoms with Crippen LogP contribution in [0.25, 0.3) is 0 Å². The van der Waals surface area contributed by atoms with E-state index in [0.29, 0.717) is 19.0 Å². The molecule has 7 nitrogen and oxygen atoms in total. The van der Waals surface area contributed by atoms with Crippen molar-refractivity contribution in [3.8, 4) is 0 Å². The third-order valence-electron chi connectivity index (χ3n) is 4.26. The van der Waals surface area contributed by atoms with Gasteiger partial charge in [0.05, 0.1) is 0 Å². The zero-order chi connectivity index (χ0) is 18.0. The third kappa shape index (κ3) is 4.32. The maximum Gasteiger partial charge on any atom is 0.253 e. The maximum absolute atomic E-state index is 12.2.